The fourth-order valence-corrected chi connectivity index (χ4v) is 3.50. The minimum absolute atomic E-state index is 0.175. The van der Waals surface area contributed by atoms with Gasteiger partial charge in [0.05, 0.1) is 10.7 Å². The molecule has 0 saturated carbocycles. The van der Waals surface area contributed by atoms with Crippen molar-refractivity contribution in [3.05, 3.63) is 39.9 Å². The summed E-state index contributed by atoms with van der Waals surface area (Å²) in [5.41, 5.74) is 1.47. The zero-order valence-corrected chi connectivity index (χ0v) is 13.0. The number of aromatic nitrogens is 1. The lowest BCUT2D eigenvalue weighted by molar-refractivity contribution is 0.0700. The van der Waals surface area contributed by atoms with Gasteiger partial charge in [-0.1, -0.05) is 43.6 Å². The molecule has 0 saturated heterocycles. The number of carbonyl (C=O) groups is 1. The average Bonchev–Trinajstić information content (AvgIpc) is 2.86. The second-order valence-electron chi connectivity index (χ2n) is 4.53. The fourth-order valence-electron chi connectivity index (χ4n) is 2.19. The van der Waals surface area contributed by atoms with Gasteiger partial charge in [0, 0.05) is 11.5 Å². The van der Waals surface area contributed by atoms with Crippen LogP contribution in [0.2, 0.25) is 5.02 Å². The van der Waals surface area contributed by atoms with Crippen LogP contribution in [0, 0.1) is 0 Å². The summed E-state index contributed by atoms with van der Waals surface area (Å²) in [7, 11) is 0. The highest BCUT2D eigenvalue weighted by atomic mass is 35.5. The Morgan fingerprint density at radius 2 is 2.00 bits per heavy atom. The zero-order valence-electron chi connectivity index (χ0n) is 11.4. The molecule has 0 aliphatic rings. The van der Waals surface area contributed by atoms with Gasteiger partial charge in [0.2, 0.25) is 0 Å². The summed E-state index contributed by atoms with van der Waals surface area (Å²) in [4.78, 5) is 16.3. The maximum absolute atomic E-state index is 11.4. The Balaban J connectivity index is 2.55. The van der Waals surface area contributed by atoms with E-state index < -0.39 is 5.97 Å². The number of hydrogen-bond donors (Lipinski definition) is 1. The third-order valence-electron chi connectivity index (χ3n) is 3.32. The summed E-state index contributed by atoms with van der Waals surface area (Å²) < 4.78 is 0. The van der Waals surface area contributed by atoms with Gasteiger partial charge in [-0.05, 0) is 18.9 Å². The van der Waals surface area contributed by atoms with Gasteiger partial charge < -0.3 is 5.11 Å². The highest BCUT2D eigenvalue weighted by Crippen LogP contribution is 2.36. The van der Waals surface area contributed by atoms with Crippen molar-refractivity contribution >= 4 is 28.9 Å². The first-order valence-corrected chi connectivity index (χ1v) is 7.76. The Bertz CT molecular complexity index is 620. The molecule has 0 atom stereocenters. The van der Waals surface area contributed by atoms with Gasteiger partial charge in [0.25, 0.3) is 0 Å². The van der Waals surface area contributed by atoms with Crippen LogP contribution in [-0.2, 0) is 0 Å². The van der Waals surface area contributed by atoms with Crippen molar-refractivity contribution in [1.29, 1.82) is 0 Å². The molecule has 0 spiro atoms. The average molecular weight is 310 g/mol. The molecule has 1 aromatic carbocycles. The van der Waals surface area contributed by atoms with Crippen LogP contribution in [0.1, 0.15) is 48.0 Å². The maximum Gasteiger partial charge on any atom is 0.347 e. The van der Waals surface area contributed by atoms with E-state index in [1.54, 1.807) is 6.07 Å². The van der Waals surface area contributed by atoms with Crippen LogP contribution in [0.25, 0.3) is 10.6 Å². The summed E-state index contributed by atoms with van der Waals surface area (Å²) in [6, 6.07) is 7.37. The minimum Gasteiger partial charge on any atom is -0.477 e. The van der Waals surface area contributed by atoms with Crippen molar-refractivity contribution in [1.82, 2.24) is 4.98 Å². The van der Waals surface area contributed by atoms with E-state index in [2.05, 4.69) is 4.98 Å². The van der Waals surface area contributed by atoms with Crippen molar-refractivity contribution in [2.24, 2.45) is 0 Å². The largest absolute Gasteiger partial charge is 0.477 e. The van der Waals surface area contributed by atoms with Gasteiger partial charge >= 0.3 is 5.97 Å². The molecule has 2 rings (SSSR count). The van der Waals surface area contributed by atoms with Gasteiger partial charge in [-0.25, -0.2) is 9.78 Å². The zero-order chi connectivity index (χ0) is 14.7. The fraction of sp³-hybridized carbons (Fsp3) is 0.333. The van der Waals surface area contributed by atoms with Crippen LogP contribution in [0.5, 0.6) is 0 Å². The standard InChI is InChI=1S/C15H16ClNO2S/c1-3-9(4-2)12-13(15(18)19)20-14(17-12)10-7-5-6-8-11(10)16/h5-9H,3-4H2,1-2H3,(H,18,19). The van der Waals surface area contributed by atoms with Crippen LogP contribution in [-0.4, -0.2) is 16.1 Å². The van der Waals surface area contributed by atoms with Crippen LogP contribution in [0.15, 0.2) is 24.3 Å². The Labute approximate surface area is 127 Å². The quantitative estimate of drug-likeness (QED) is 0.839. The topological polar surface area (TPSA) is 50.2 Å². The summed E-state index contributed by atoms with van der Waals surface area (Å²) >= 11 is 7.37. The SMILES string of the molecule is CCC(CC)c1nc(-c2ccccc2Cl)sc1C(=O)O. The van der Waals surface area contributed by atoms with Gasteiger partial charge in [-0.3, -0.25) is 0 Å². The molecule has 0 amide bonds. The molecule has 0 unspecified atom stereocenters. The van der Waals surface area contributed by atoms with E-state index in [9.17, 15) is 9.90 Å². The first kappa shape index (κ1) is 15.0. The smallest absolute Gasteiger partial charge is 0.347 e. The summed E-state index contributed by atoms with van der Waals surface area (Å²) in [6.45, 7) is 4.10. The van der Waals surface area contributed by atoms with E-state index in [-0.39, 0.29) is 5.92 Å². The lowest BCUT2D eigenvalue weighted by atomic mass is 9.98. The van der Waals surface area contributed by atoms with E-state index in [4.69, 9.17) is 11.6 Å². The van der Waals surface area contributed by atoms with Gasteiger partial charge in [-0.15, -0.1) is 11.3 Å². The van der Waals surface area contributed by atoms with Gasteiger partial charge in [0.15, 0.2) is 0 Å². The third-order valence-corrected chi connectivity index (χ3v) is 4.75. The van der Waals surface area contributed by atoms with Crippen LogP contribution >= 0.6 is 22.9 Å². The first-order valence-electron chi connectivity index (χ1n) is 6.57. The number of halogens is 1. The molecule has 0 bridgehead atoms. The molecule has 20 heavy (non-hydrogen) atoms. The first-order chi connectivity index (χ1) is 9.58. The number of hydrogen-bond acceptors (Lipinski definition) is 3. The lowest BCUT2D eigenvalue weighted by Gasteiger charge is -2.09. The summed E-state index contributed by atoms with van der Waals surface area (Å²) in [6.07, 6.45) is 1.75. The molecule has 1 heterocycles. The van der Waals surface area contributed by atoms with Crippen LogP contribution in [0.4, 0.5) is 0 Å². The predicted molar refractivity (Wildman–Crippen MR) is 82.8 cm³/mol. The molecule has 3 nitrogen and oxygen atoms in total. The second-order valence-corrected chi connectivity index (χ2v) is 5.94. The van der Waals surface area contributed by atoms with E-state index in [0.717, 1.165) is 18.4 Å². The number of thiazole rings is 1. The number of nitrogens with zero attached hydrogens (tertiary/aromatic N) is 1. The van der Waals surface area contributed by atoms with E-state index in [1.807, 2.05) is 32.0 Å². The van der Waals surface area contributed by atoms with E-state index in [1.165, 1.54) is 11.3 Å². The molecule has 106 valence electrons. The molecule has 2 aromatic rings. The number of benzene rings is 1. The third kappa shape index (κ3) is 2.86. The molecule has 1 N–H and O–H groups in total. The molecule has 0 fully saturated rings. The lowest BCUT2D eigenvalue weighted by Crippen LogP contribution is -2.04. The van der Waals surface area contributed by atoms with Crippen molar-refractivity contribution in [2.45, 2.75) is 32.6 Å². The summed E-state index contributed by atoms with van der Waals surface area (Å²) in [5, 5.41) is 10.6. The van der Waals surface area contributed by atoms with Crippen LogP contribution in [0.3, 0.4) is 0 Å². The second kappa shape index (κ2) is 6.37. The minimum atomic E-state index is -0.914. The molecule has 0 aliphatic carbocycles. The van der Waals surface area contributed by atoms with Crippen molar-refractivity contribution in [3.8, 4) is 10.6 Å². The molecular weight excluding hydrogens is 294 g/mol. The van der Waals surface area contributed by atoms with Crippen LogP contribution < -0.4 is 0 Å². The Kier molecular flexibility index (Phi) is 4.78. The van der Waals surface area contributed by atoms with Crippen molar-refractivity contribution in [3.63, 3.8) is 0 Å². The van der Waals surface area contributed by atoms with Gasteiger partial charge in [-0.2, -0.15) is 0 Å². The number of carboxylic acid groups (broad SMARTS) is 1. The Morgan fingerprint density at radius 3 is 2.55 bits per heavy atom. The molecule has 0 radical (unpaired) electrons. The highest BCUT2D eigenvalue weighted by Gasteiger charge is 2.23. The number of aromatic carboxylic acids is 1. The van der Waals surface area contributed by atoms with Crippen molar-refractivity contribution in [2.75, 3.05) is 0 Å². The molecular formula is C15H16ClNO2S. The van der Waals surface area contributed by atoms with Gasteiger partial charge in [0.1, 0.15) is 9.88 Å². The van der Waals surface area contributed by atoms with Crippen molar-refractivity contribution < 1.29 is 9.90 Å². The number of carboxylic acids is 1. The van der Waals surface area contributed by atoms with E-state index in [0.29, 0.717) is 20.6 Å². The Morgan fingerprint density at radius 1 is 1.35 bits per heavy atom. The number of rotatable bonds is 5. The highest BCUT2D eigenvalue weighted by molar-refractivity contribution is 7.17. The predicted octanol–water partition coefficient (Wildman–Crippen LogP) is 5.07. The Hall–Kier alpha value is -1.39. The molecule has 0 aliphatic heterocycles. The molecule has 1 aromatic heterocycles. The normalized spacial score (nSPS) is 11.0. The molecule has 5 heteroatoms. The van der Waals surface area contributed by atoms with E-state index >= 15 is 0 Å². The summed E-state index contributed by atoms with van der Waals surface area (Å²) in [5.74, 6) is -0.740. The monoisotopic (exact) mass is 309 g/mol. The maximum atomic E-state index is 11.4.